The summed E-state index contributed by atoms with van der Waals surface area (Å²) >= 11 is 3.68. The molecule has 2 heterocycles. The number of hydrogen-bond acceptors (Lipinski definition) is 2. The van der Waals surface area contributed by atoms with Gasteiger partial charge in [0, 0.05) is 17.1 Å². The summed E-state index contributed by atoms with van der Waals surface area (Å²) < 4.78 is 1.25. The molecule has 2 unspecified atom stereocenters. The molecule has 0 aliphatic carbocycles. The van der Waals surface area contributed by atoms with Crippen molar-refractivity contribution in [2.45, 2.75) is 25.3 Å². The Morgan fingerprint density at radius 1 is 1.44 bits per heavy atom. The highest BCUT2D eigenvalue weighted by molar-refractivity contribution is 9.10. The van der Waals surface area contributed by atoms with Crippen molar-refractivity contribution in [1.29, 1.82) is 0 Å². The molecule has 2 N–H and O–H groups in total. The second-order valence-electron chi connectivity index (χ2n) is 4.93. The predicted molar refractivity (Wildman–Crippen MR) is 70.8 cm³/mol. The van der Waals surface area contributed by atoms with Crippen molar-refractivity contribution in [2.24, 2.45) is 11.7 Å². The zero-order valence-electron chi connectivity index (χ0n) is 9.32. The summed E-state index contributed by atoms with van der Waals surface area (Å²) in [6, 6.07) is 7.24. The number of fused-ring (bicyclic) bond motifs is 3. The van der Waals surface area contributed by atoms with Crippen LogP contribution < -0.4 is 10.6 Å². The number of hydrogen-bond donors (Lipinski definition) is 1. The lowest BCUT2D eigenvalue weighted by Gasteiger charge is -2.36. The minimum Gasteiger partial charge on any atom is -0.367 e. The topological polar surface area (TPSA) is 29.3 Å². The van der Waals surface area contributed by atoms with Crippen LogP contribution in [-0.2, 0) is 6.42 Å². The van der Waals surface area contributed by atoms with Crippen molar-refractivity contribution in [1.82, 2.24) is 0 Å². The molecule has 2 nitrogen and oxygen atoms in total. The first-order chi connectivity index (χ1) is 7.79. The number of nitrogens with zero attached hydrogens (tertiary/aromatic N) is 1. The van der Waals surface area contributed by atoms with Gasteiger partial charge in [-0.25, -0.2) is 0 Å². The molecule has 3 rings (SSSR count). The monoisotopic (exact) mass is 280 g/mol. The molecule has 3 heteroatoms. The van der Waals surface area contributed by atoms with Gasteiger partial charge >= 0.3 is 0 Å². The maximum Gasteiger partial charge on any atom is 0.0546 e. The Hall–Kier alpha value is -0.540. The molecule has 1 fully saturated rings. The number of nitrogens with two attached hydrogens (primary N) is 1. The third-order valence-corrected chi connectivity index (χ3v) is 4.61. The van der Waals surface area contributed by atoms with Crippen molar-refractivity contribution < 1.29 is 0 Å². The second-order valence-corrected chi connectivity index (χ2v) is 5.78. The standard InChI is InChI=1S/C13H17BrN2/c14-12-3-1-2-10-7-11-6-9(8-15)4-5-16(11)13(10)12/h1-3,9,11H,4-8,15H2. The maximum absolute atomic E-state index is 5.79. The smallest absolute Gasteiger partial charge is 0.0546 e. The average molecular weight is 281 g/mol. The SMILES string of the molecule is NCC1CCN2c3c(Br)cccc3CC2C1. The summed E-state index contributed by atoms with van der Waals surface area (Å²) in [5.74, 6) is 0.731. The zero-order chi connectivity index (χ0) is 11.1. The summed E-state index contributed by atoms with van der Waals surface area (Å²) in [5.41, 5.74) is 8.72. The highest BCUT2D eigenvalue weighted by Crippen LogP contribution is 2.42. The molecular formula is C13H17BrN2. The van der Waals surface area contributed by atoms with E-state index in [1.807, 2.05) is 0 Å². The minimum absolute atomic E-state index is 0.691. The molecular weight excluding hydrogens is 264 g/mol. The molecule has 1 aromatic carbocycles. The fourth-order valence-electron chi connectivity index (χ4n) is 3.14. The van der Waals surface area contributed by atoms with Gasteiger partial charge in [-0.05, 0) is 59.3 Å². The molecule has 0 spiro atoms. The van der Waals surface area contributed by atoms with Crippen LogP contribution in [0.5, 0.6) is 0 Å². The van der Waals surface area contributed by atoms with Gasteiger partial charge in [0.25, 0.3) is 0 Å². The highest BCUT2D eigenvalue weighted by Gasteiger charge is 2.35. The Morgan fingerprint density at radius 3 is 3.12 bits per heavy atom. The number of anilines is 1. The number of rotatable bonds is 1. The van der Waals surface area contributed by atoms with E-state index in [9.17, 15) is 0 Å². The van der Waals surface area contributed by atoms with Gasteiger partial charge in [-0.1, -0.05) is 12.1 Å². The van der Waals surface area contributed by atoms with Crippen LogP contribution in [0.15, 0.2) is 22.7 Å². The summed E-state index contributed by atoms with van der Waals surface area (Å²) in [6.45, 7) is 2.02. The largest absolute Gasteiger partial charge is 0.367 e. The lowest BCUT2D eigenvalue weighted by molar-refractivity contribution is 0.356. The molecule has 1 aromatic rings. The molecule has 0 bridgehead atoms. The Morgan fingerprint density at radius 2 is 2.31 bits per heavy atom. The van der Waals surface area contributed by atoms with Crippen LogP contribution in [0.1, 0.15) is 18.4 Å². The van der Waals surface area contributed by atoms with E-state index in [-0.39, 0.29) is 0 Å². The van der Waals surface area contributed by atoms with Crippen molar-refractivity contribution in [3.8, 4) is 0 Å². The number of benzene rings is 1. The first-order valence-electron chi connectivity index (χ1n) is 6.03. The van der Waals surface area contributed by atoms with Gasteiger partial charge in [-0.15, -0.1) is 0 Å². The van der Waals surface area contributed by atoms with E-state index in [4.69, 9.17) is 5.73 Å². The van der Waals surface area contributed by atoms with Crippen LogP contribution in [0.25, 0.3) is 0 Å². The maximum atomic E-state index is 5.79. The van der Waals surface area contributed by atoms with E-state index in [0.717, 1.165) is 12.5 Å². The van der Waals surface area contributed by atoms with E-state index in [1.54, 1.807) is 0 Å². The average Bonchev–Trinajstić information content (AvgIpc) is 2.67. The van der Waals surface area contributed by atoms with Gasteiger partial charge in [0.2, 0.25) is 0 Å². The Labute approximate surface area is 105 Å². The first kappa shape index (κ1) is 10.6. The predicted octanol–water partition coefficient (Wildman–Crippen LogP) is 2.55. The van der Waals surface area contributed by atoms with Gasteiger partial charge < -0.3 is 10.6 Å². The van der Waals surface area contributed by atoms with E-state index >= 15 is 0 Å². The molecule has 0 aromatic heterocycles. The van der Waals surface area contributed by atoms with Gasteiger partial charge in [0.05, 0.1) is 5.69 Å². The first-order valence-corrected chi connectivity index (χ1v) is 6.83. The van der Waals surface area contributed by atoms with Gasteiger partial charge in [0.1, 0.15) is 0 Å². The molecule has 2 aliphatic heterocycles. The summed E-state index contributed by atoms with van der Waals surface area (Å²) in [4.78, 5) is 2.57. The zero-order valence-corrected chi connectivity index (χ0v) is 10.9. The molecule has 2 aliphatic rings. The highest BCUT2D eigenvalue weighted by atomic mass is 79.9. The van der Waals surface area contributed by atoms with E-state index in [0.29, 0.717) is 6.04 Å². The van der Waals surface area contributed by atoms with Crippen LogP contribution in [0.3, 0.4) is 0 Å². The van der Waals surface area contributed by atoms with Gasteiger partial charge in [0.15, 0.2) is 0 Å². The van der Waals surface area contributed by atoms with Gasteiger partial charge in [-0.2, -0.15) is 0 Å². The second kappa shape index (κ2) is 4.04. The Kier molecular flexibility index (Phi) is 2.68. The van der Waals surface area contributed by atoms with Crippen LogP contribution >= 0.6 is 15.9 Å². The molecule has 1 saturated heterocycles. The molecule has 16 heavy (non-hydrogen) atoms. The van der Waals surface area contributed by atoms with E-state index in [2.05, 4.69) is 39.0 Å². The summed E-state index contributed by atoms with van der Waals surface area (Å²) in [6.07, 6.45) is 3.71. The van der Waals surface area contributed by atoms with Crippen LogP contribution in [0, 0.1) is 5.92 Å². The third kappa shape index (κ3) is 1.57. The van der Waals surface area contributed by atoms with E-state index in [1.165, 1.54) is 41.5 Å². The Balaban J connectivity index is 1.91. The van der Waals surface area contributed by atoms with Gasteiger partial charge in [-0.3, -0.25) is 0 Å². The van der Waals surface area contributed by atoms with Crippen molar-refractivity contribution in [3.63, 3.8) is 0 Å². The number of halogens is 1. The summed E-state index contributed by atoms with van der Waals surface area (Å²) in [7, 11) is 0. The minimum atomic E-state index is 0.691. The molecule has 0 saturated carbocycles. The normalized spacial score (nSPS) is 27.8. The molecule has 86 valence electrons. The molecule has 0 amide bonds. The third-order valence-electron chi connectivity index (χ3n) is 3.97. The quantitative estimate of drug-likeness (QED) is 0.857. The van der Waals surface area contributed by atoms with Crippen LogP contribution in [-0.4, -0.2) is 19.1 Å². The molecule has 2 atom stereocenters. The van der Waals surface area contributed by atoms with Crippen molar-refractivity contribution in [3.05, 3.63) is 28.2 Å². The fourth-order valence-corrected chi connectivity index (χ4v) is 3.77. The van der Waals surface area contributed by atoms with Crippen LogP contribution in [0.4, 0.5) is 5.69 Å². The lowest BCUT2D eigenvalue weighted by atomic mass is 9.91. The number of piperidine rings is 1. The lowest BCUT2D eigenvalue weighted by Crippen LogP contribution is -2.42. The Bertz CT molecular complexity index is 405. The number of para-hydroxylation sites is 1. The fraction of sp³-hybridized carbons (Fsp3) is 0.538. The van der Waals surface area contributed by atoms with Crippen LogP contribution in [0.2, 0.25) is 0 Å². The van der Waals surface area contributed by atoms with E-state index < -0.39 is 0 Å². The van der Waals surface area contributed by atoms with Crippen molar-refractivity contribution >= 4 is 21.6 Å². The van der Waals surface area contributed by atoms with Crippen molar-refractivity contribution in [2.75, 3.05) is 18.0 Å². The molecule has 0 radical (unpaired) electrons. The summed E-state index contributed by atoms with van der Waals surface area (Å²) in [5, 5.41) is 0.